The molecule has 0 amide bonds. The van der Waals surface area contributed by atoms with E-state index in [-0.39, 0.29) is 23.6 Å². The minimum atomic E-state index is -0.779. The summed E-state index contributed by atoms with van der Waals surface area (Å²) in [6.07, 6.45) is 3.88. The van der Waals surface area contributed by atoms with Crippen LogP contribution in [0.1, 0.15) is 37.7 Å². The Balaban J connectivity index is 1.78. The van der Waals surface area contributed by atoms with Gasteiger partial charge in [-0.2, -0.15) is 5.26 Å². The first-order valence-corrected chi connectivity index (χ1v) is 8.42. The van der Waals surface area contributed by atoms with Crippen LogP contribution in [0.5, 0.6) is 0 Å². The molecular weight excluding hydrogens is 293 g/mol. The first-order chi connectivity index (χ1) is 11.0. The van der Waals surface area contributed by atoms with E-state index in [0.717, 1.165) is 31.2 Å². The largest absolute Gasteiger partial charge is 0.481 e. The van der Waals surface area contributed by atoms with Crippen molar-refractivity contribution in [1.29, 1.82) is 5.26 Å². The van der Waals surface area contributed by atoms with Crippen molar-refractivity contribution >= 4 is 5.97 Å². The zero-order chi connectivity index (χ0) is 16.2. The van der Waals surface area contributed by atoms with Gasteiger partial charge in [0.15, 0.2) is 0 Å². The molecule has 4 aliphatic carbocycles. The van der Waals surface area contributed by atoms with E-state index < -0.39 is 5.97 Å². The highest BCUT2D eigenvalue weighted by Gasteiger charge is 2.61. The van der Waals surface area contributed by atoms with Crippen LogP contribution in [-0.4, -0.2) is 11.1 Å². The van der Waals surface area contributed by atoms with Gasteiger partial charge >= 0.3 is 5.97 Å². The number of nitriles is 1. The second-order valence-corrected chi connectivity index (χ2v) is 7.63. The first kappa shape index (κ1) is 14.7. The number of hydrogen-bond acceptors (Lipinski definition) is 2. The Morgan fingerprint density at radius 2 is 1.70 bits per heavy atom. The summed E-state index contributed by atoms with van der Waals surface area (Å²) < 4.78 is 13.3. The monoisotopic (exact) mass is 313 g/mol. The van der Waals surface area contributed by atoms with Gasteiger partial charge in [-0.15, -0.1) is 0 Å². The Morgan fingerprint density at radius 1 is 1.17 bits per heavy atom. The van der Waals surface area contributed by atoms with Gasteiger partial charge in [-0.1, -0.05) is 12.1 Å². The molecule has 4 aliphatic rings. The molecule has 0 aromatic heterocycles. The molecule has 0 radical (unpaired) electrons. The topological polar surface area (TPSA) is 61.1 Å². The lowest BCUT2D eigenvalue weighted by Gasteiger charge is -2.62. The van der Waals surface area contributed by atoms with Gasteiger partial charge in [0, 0.05) is 5.41 Å². The van der Waals surface area contributed by atoms with E-state index in [0.29, 0.717) is 23.7 Å². The second kappa shape index (κ2) is 5.06. The van der Waals surface area contributed by atoms with Gasteiger partial charge in [-0.25, -0.2) is 4.39 Å². The van der Waals surface area contributed by atoms with Crippen molar-refractivity contribution in [2.75, 3.05) is 0 Å². The minimum Gasteiger partial charge on any atom is -0.481 e. The Kier molecular flexibility index (Phi) is 3.23. The second-order valence-electron chi connectivity index (χ2n) is 7.63. The molecule has 0 unspecified atom stereocenters. The highest BCUT2D eigenvalue weighted by molar-refractivity contribution is 5.69. The number of hydrogen-bond donors (Lipinski definition) is 1. The fourth-order valence-corrected chi connectivity index (χ4v) is 6.08. The van der Waals surface area contributed by atoms with Crippen LogP contribution in [0, 0.1) is 46.7 Å². The summed E-state index contributed by atoms with van der Waals surface area (Å²) in [7, 11) is 0. The van der Waals surface area contributed by atoms with Crippen molar-refractivity contribution < 1.29 is 14.3 Å². The molecule has 1 aromatic rings. The Labute approximate surface area is 135 Å². The van der Waals surface area contributed by atoms with Crippen LogP contribution >= 0.6 is 0 Å². The highest BCUT2D eigenvalue weighted by atomic mass is 19.1. The number of carboxylic acid groups (broad SMARTS) is 1. The fourth-order valence-electron chi connectivity index (χ4n) is 6.08. The van der Waals surface area contributed by atoms with Gasteiger partial charge in [0.25, 0.3) is 0 Å². The Bertz CT molecular complexity index is 646. The molecule has 0 atom stereocenters. The van der Waals surface area contributed by atoms with Gasteiger partial charge in [0.2, 0.25) is 0 Å². The number of rotatable bonds is 3. The van der Waals surface area contributed by atoms with Gasteiger partial charge in [0.05, 0.1) is 18.4 Å². The Morgan fingerprint density at radius 3 is 2.13 bits per heavy atom. The maximum atomic E-state index is 13.3. The van der Waals surface area contributed by atoms with Crippen LogP contribution in [-0.2, 0) is 10.2 Å². The molecule has 0 heterocycles. The number of nitrogens with zero attached hydrogens (tertiary/aromatic N) is 1. The van der Waals surface area contributed by atoms with E-state index in [1.54, 1.807) is 12.1 Å². The van der Waals surface area contributed by atoms with Crippen LogP contribution in [0.15, 0.2) is 24.3 Å². The van der Waals surface area contributed by atoms with Crippen LogP contribution in [0.2, 0.25) is 0 Å². The quantitative estimate of drug-likeness (QED) is 0.924. The van der Waals surface area contributed by atoms with Crippen LogP contribution in [0.3, 0.4) is 0 Å². The predicted octanol–water partition coefficient (Wildman–Crippen LogP) is 3.74. The number of aliphatic carboxylic acids is 1. The van der Waals surface area contributed by atoms with Crippen LogP contribution in [0.4, 0.5) is 4.39 Å². The van der Waals surface area contributed by atoms with Crippen LogP contribution in [0.25, 0.3) is 0 Å². The van der Waals surface area contributed by atoms with E-state index in [1.807, 2.05) is 0 Å². The van der Waals surface area contributed by atoms with Crippen molar-refractivity contribution in [3.8, 4) is 6.07 Å². The molecule has 0 aliphatic heterocycles. The molecule has 4 bridgehead atoms. The van der Waals surface area contributed by atoms with Crippen molar-refractivity contribution in [2.24, 2.45) is 29.6 Å². The van der Waals surface area contributed by atoms with Crippen molar-refractivity contribution in [3.63, 3.8) is 0 Å². The standard InChI is InChI=1S/C19H20FNO2/c20-16-3-1-13(2-4-16)19(9-18(22)23)14-5-11-6-15(19)8-12(7-14)17(11)10-21/h1-4,11-12,14-15,17H,5-9H2,(H,22,23). The third-order valence-electron chi connectivity index (χ3n) is 6.80. The first-order valence-electron chi connectivity index (χ1n) is 8.42. The van der Waals surface area contributed by atoms with Crippen molar-refractivity contribution in [1.82, 2.24) is 0 Å². The predicted molar refractivity (Wildman–Crippen MR) is 81.9 cm³/mol. The highest BCUT2D eigenvalue weighted by Crippen LogP contribution is 2.65. The Hall–Kier alpha value is -1.89. The van der Waals surface area contributed by atoms with Gasteiger partial charge in [0.1, 0.15) is 5.82 Å². The van der Waals surface area contributed by atoms with Gasteiger partial charge < -0.3 is 5.11 Å². The molecule has 3 nitrogen and oxygen atoms in total. The normalized spacial score (nSPS) is 40.8. The molecule has 0 saturated heterocycles. The number of carbonyl (C=O) groups is 1. The lowest BCUT2D eigenvalue weighted by Crippen LogP contribution is -2.58. The molecule has 1 N–H and O–H groups in total. The molecule has 4 fully saturated rings. The summed E-state index contributed by atoms with van der Waals surface area (Å²) in [6.45, 7) is 0. The molecular formula is C19H20FNO2. The summed E-state index contributed by atoms with van der Waals surface area (Å²) in [5.41, 5.74) is 0.594. The summed E-state index contributed by atoms with van der Waals surface area (Å²) >= 11 is 0. The lowest BCUT2D eigenvalue weighted by atomic mass is 9.41. The summed E-state index contributed by atoms with van der Waals surface area (Å²) in [6, 6.07) is 8.95. The van der Waals surface area contributed by atoms with E-state index in [2.05, 4.69) is 6.07 Å². The average Bonchev–Trinajstić information content (AvgIpc) is 2.50. The summed E-state index contributed by atoms with van der Waals surface area (Å²) in [4.78, 5) is 11.6. The van der Waals surface area contributed by atoms with Crippen LogP contribution < -0.4 is 0 Å². The summed E-state index contributed by atoms with van der Waals surface area (Å²) in [5, 5.41) is 19.0. The van der Waals surface area contributed by atoms with Gasteiger partial charge in [-0.05, 0) is 67.1 Å². The molecule has 4 heteroatoms. The van der Waals surface area contributed by atoms with E-state index in [9.17, 15) is 19.6 Å². The molecule has 1 aromatic carbocycles. The third kappa shape index (κ3) is 2.02. The molecule has 23 heavy (non-hydrogen) atoms. The van der Waals surface area contributed by atoms with E-state index in [1.165, 1.54) is 12.1 Å². The maximum Gasteiger partial charge on any atom is 0.304 e. The minimum absolute atomic E-state index is 0.116. The molecule has 0 spiro atoms. The molecule has 120 valence electrons. The summed E-state index contributed by atoms with van der Waals surface area (Å²) in [5.74, 6) is 0.534. The van der Waals surface area contributed by atoms with Gasteiger partial charge in [-0.3, -0.25) is 4.79 Å². The van der Waals surface area contributed by atoms with E-state index >= 15 is 0 Å². The lowest BCUT2D eigenvalue weighted by molar-refractivity contribution is -0.146. The van der Waals surface area contributed by atoms with Crippen molar-refractivity contribution in [2.45, 2.75) is 37.5 Å². The smallest absolute Gasteiger partial charge is 0.304 e. The molecule has 5 rings (SSSR count). The zero-order valence-electron chi connectivity index (χ0n) is 12.9. The third-order valence-corrected chi connectivity index (χ3v) is 6.80. The zero-order valence-corrected chi connectivity index (χ0v) is 12.9. The fraction of sp³-hybridized carbons (Fsp3) is 0.579. The SMILES string of the molecule is N#CC1C2CC3CC1CC(C2)C3(CC(=O)O)c1ccc(F)cc1. The number of benzene rings is 1. The average molecular weight is 313 g/mol. The maximum absolute atomic E-state index is 13.3. The van der Waals surface area contributed by atoms with E-state index in [4.69, 9.17) is 0 Å². The number of halogens is 1. The van der Waals surface area contributed by atoms with Crippen molar-refractivity contribution in [3.05, 3.63) is 35.6 Å². The molecule has 4 saturated carbocycles. The number of carboxylic acids is 1.